The first kappa shape index (κ1) is 36.3. The van der Waals surface area contributed by atoms with Crippen molar-refractivity contribution >= 4 is 39.0 Å². The summed E-state index contributed by atoms with van der Waals surface area (Å²) in [7, 11) is -1.97. The zero-order valence-electron chi connectivity index (χ0n) is 30.2. The minimum Gasteiger partial charge on any atom is -0.490 e. The summed E-state index contributed by atoms with van der Waals surface area (Å²) in [4.78, 5) is 30.0. The van der Waals surface area contributed by atoms with Gasteiger partial charge in [0.1, 0.15) is 15.7 Å². The highest BCUT2D eigenvalue weighted by molar-refractivity contribution is 7.92. The predicted octanol–water partition coefficient (Wildman–Crippen LogP) is 6.87. The Labute approximate surface area is 315 Å². The van der Waals surface area contributed by atoms with Crippen LogP contribution >= 0.6 is 11.6 Å². The molecule has 2 aliphatic carbocycles. The van der Waals surface area contributed by atoms with Gasteiger partial charge < -0.3 is 23.7 Å². The molecule has 10 nitrogen and oxygen atoms in total. The zero-order valence-corrected chi connectivity index (χ0v) is 31.7. The van der Waals surface area contributed by atoms with Gasteiger partial charge in [-0.25, -0.2) is 4.21 Å². The number of nitrogens with zero attached hydrogens (tertiary/aromatic N) is 3. The van der Waals surface area contributed by atoms with Crippen molar-refractivity contribution in [1.82, 2.24) is 9.29 Å². The van der Waals surface area contributed by atoms with E-state index in [-0.39, 0.29) is 47.5 Å². The predicted molar refractivity (Wildman–Crippen MR) is 201 cm³/mol. The molecule has 0 radical (unpaired) electrons. The second-order valence-corrected chi connectivity index (χ2v) is 17.9. The van der Waals surface area contributed by atoms with Crippen LogP contribution in [0.2, 0.25) is 5.02 Å². The molecule has 1 N–H and O–H groups in total. The van der Waals surface area contributed by atoms with Gasteiger partial charge >= 0.3 is 0 Å². The third-order valence-corrected chi connectivity index (χ3v) is 14.1. The number of allylic oxidation sites excluding steroid dienone is 1. The van der Waals surface area contributed by atoms with Crippen LogP contribution in [-0.2, 0) is 44.4 Å². The van der Waals surface area contributed by atoms with Crippen molar-refractivity contribution in [3.63, 3.8) is 0 Å². The number of hydrogen-bond acceptors (Lipinski definition) is 7. The Morgan fingerprint density at radius 2 is 2.06 bits per heavy atom. The molecule has 5 aliphatic rings. The van der Waals surface area contributed by atoms with Crippen LogP contribution in [0.1, 0.15) is 76.6 Å². The minimum atomic E-state index is -3.71. The van der Waals surface area contributed by atoms with Gasteiger partial charge in [0.25, 0.3) is 11.8 Å². The van der Waals surface area contributed by atoms with Crippen molar-refractivity contribution < 1.29 is 32.4 Å². The van der Waals surface area contributed by atoms with Gasteiger partial charge in [-0.1, -0.05) is 36.7 Å². The van der Waals surface area contributed by atoms with Gasteiger partial charge in [0, 0.05) is 48.4 Å². The van der Waals surface area contributed by atoms with E-state index in [9.17, 15) is 13.8 Å². The molecule has 1 unspecified atom stereocenters. The number of ether oxygens (including phenoxy) is 3. The summed E-state index contributed by atoms with van der Waals surface area (Å²) in [6.07, 6.45) is 9.56. The fourth-order valence-electron chi connectivity index (χ4n) is 9.00. The molecule has 6 atom stereocenters. The average Bonchev–Trinajstić information content (AvgIpc) is 3.38. The number of carbonyl (C=O) groups excluding carboxylic acids is 2. The van der Waals surface area contributed by atoms with E-state index in [1.807, 2.05) is 19.1 Å². The molecule has 2 amide bonds. The normalized spacial score (nSPS) is 30.4. The number of halogens is 2. The van der Waals surface area contributed by atoms with Crippen molar-refractivity contribution in [2.24, 2.45) is 22.1 Å². The number of hydrogen-bond donors (Lipinski definition) is 1. The number of aromatic nitrogens is 1. The lowest BCUT2D eigenvalue weighted by molar-refractivity contribution is 0.0131. The number of aryl methyl sites for hydroxylation is 1. The summed E-state index contributed by atoms with van der Waals surface area (Å²) in [5.41, 5.74) is 3.46. The summed E-state index contributed by atoms with van der Waals surface area (Å²) < 4.78 is 56.2. The van der Waals surface area contributed by atoms with E-state index in [0.717, 1.165) is 49.4 Å². The Morgan fingerprint density at radius 3 is 2.85 bits per heavy atom. The number of anilines is 1. The van der Waals surface area contributed by atoms with Gasteiger partial charge in [0.2, 0.25) is 5.95 Å². The standard InChI is InChI=1S/C40H46ClFN4O6S/c1-25-5-3-7-35(50-2)31-11-8-28(31)20-45-23-40(14-4-6-26-17-29(41)10-12-33(26)40)24-52-36-13-9-27(18-34(36)45)38(47)43-53(49,22-25)44-39(48)32-19-30-21-51-16-15-46(30)37(32)42/h3,7,9-10,12-13,17-19,25,28,31,35H,4-6,8,11,14-16,20-24H2,1-2H3,(H,43,44,47,48,49)/b7-3-/t25-,28-,31+,35-,40-,53?/m0/s1. The average molecular weight is 765 g/mol. The molecule has 4 heterocycles. The number of fused-ring (bicyclic) bond motifs is 5. The van der Waals surface area contributed by atoms with E-state index < -0.39 is 27.7 Å². The van der Waals surface area contributed by atoms with Crippen molar-refractivity contribution in [3.05, 3.63) is 93.5 Å². The van der Waals surface area contributed by atoms with Gasteiger partial charge in [-0.3, -0.25) is 14.3 Å². The Balaban J connectivity index is 1.19. The van der Waals surface area contributed by atoms with E-state index in [4.69, 9.17) is 25.8 Å². The molecule has 2 aromatic carbocycles. The molecule has 282 valence electrons. The Kier molecular flexibility index (Phi) is 9.93. The Bertz CT molecular complexity index is 2090. The van der Waals surface area contributed by atoms with Crippen molar-refractivity contribution in [1.29, 1.82) is 0 Å². The van der Waals surface area contributed by atoms with Crippen LogP contribution in [0.5, 0.6) is 5.75 Å². The zero-order chi connectivity index (χ0) is 36.9. The maximum Gasteiger partial charge on any atom is 0.286 e. The Hall–Kier alpha value is -3.71. The molecule has 13 heteroatoms. The van der Waals surface area contributed by atoms with E-state index in [1.54, 1.807) is 25.3 Å². The highest BCUT2D eigenvalue weighted by Crippen LogP contribution is 2.47. The fourth-order valence-corrected chi connectivity index (χ4v) is 11.1. The molecular formula is C40H46ClFN4O6S. The van der Waals surface area contributed by atoms with Crippen LogP contribution in [0.25, 0.3) is 0 Å². The van der Waals surface area contributed by atoms with Crippen LogP contribution < -0.4 is 14.4 Å². The third-order valence-electron chi connectivity index (χ3n) is 11.8. The molecule has 8 rings (SSSR count). The number of methoxy groups -OCH3 is 1. The molecule has 1 aromatic heterocycles. The first-order chi connectivity index (χ1) is 25.5. The summed E-state index contributed by atoms with van der Waals surface area (Å²) in [6, 6.07) is 12.8. The fraction of sp³-hybridized carbons (Fsp3) is 0.500. The Morgan fingerprint density at radius 1 is 1.19 bits per heavy atom. The van der Waals surface area contributed by atoms with Gasteiger partial charge in [0.15, 0.2) is 0 Å². The number of carbonyl (C=O) groups is 2. The van der Waals surface area contributed by atoms with E-state index in [0.29, 0.717) is 49.5 Å². The monoisotopic (exact) mass is 764 g/mol. The molecule has 1 fully saturated rings. The van der Waals surface area contributed by atoms with Crippen molar-refractivity contribution in [2.45, 2.75) is 70.1 Å². The third kappa shape index (κ3) is 7.03. The molecule has 53 heavy (non-hydrogen) atoms. The van der Waals surface area contributed by atoms with Gasteiger partial charge in [-0.05, 0) is 104 Å². The van der Waals surface area contributed by atoms with Crippen LogP contribution in [0.15, 0.2) is 59.0 Å². The summed E-state index contributed by atoms with van der Waals surface area (Å²) >= 11 is 6.46. The molecule has 1 spiro atoms. The van der Waals surface area contributed by atoms with Gasteiger partial charge in [-0.2, -0.15) is 4.39 Å². The lowest BCUT2D eigenvalue weighted by Gasteiger charge is -2.46. The van der Waals surface area contributed by atoms with Crippen molar-refractivity contribution in [3.8, 4) is 5.75 Å². The number of amides is 2. The van der Waals surface area contributed by atoms with Crippen LogP contribution in [0, 0.1) is 23.7 Å². The minimum absolute atomic E-state index is 0.0995. The first-order valence-electron chi connectivity index (χ1n) is 18.6. The first-order valence-corrected chi connectivity index (χ1v) is 20.7. The van der Waals surface area contributed by atoms with Crippen LogP contribution in [-0.4, -0.2) is 65.9 Å². The molecule has 3 aromatic rings. The quantitative estimate of drug-likeness (QED) is 0.290. The van der Waals surface area contributed by atoms with Gasteiger partial charge in [0.05, 0.1) is 42.9 Å². The van der Waals surface area contributed by atoms with Crippen LogP contribution in [0.4, 0.5) is 10.1 Å². The second kappa shape index (κ2) is 14.5. The SMILES string of the molecule is CO[C@H]1/C=C\C[C@H](C)CS(=O)(NC(=O)c2cc3n(c2F)CCOC3)=NC(=O)c2ccc3c(c2)N(C[C@@H]2CC[C@H]21)C[C@@]1(CCCc2cc(Cl)ccc21)CO3. The van der Waals surface area contributed by atoms with E-state index in [1.165, 1.54) is 21.8 Å². The smallest absolute Gasteiger partial charge is 0.286 e. The lowest BCUT2D eigenvalue weighted by Crippen LogP contribution is -2.49. The highest BCUT2D eigenvalue weighted by Gasteiger charge is 2.44. The summed E-state index contributed by atoms with van der Waals surface area (Å²) in [5, 5.41) is 0.723. The van der Waals surface area contributed by atoms with E-state index in [2.05, 4.69) is 32.2 Å². The number of rotatable bonds is 3. The van der Waals surface area contributed by atoms with Crippen LogP contribution in [0.3, 0.4) is 0 Å². The molecular weight excluding hydrogens is 719 g/mol. The maximum atomic E-state index is 15.4. The van der Waals surface area contributed by atoms with Gasteiger partial charge in [-0.15, -0.1) is 4.36 Å². The largest absolute Gasteiger partial charge is 0.490 e. The number of nitrogens with one attached hydrogen (secondary N) is 1. The molecule has 0 saturated heterocycles. The topological polar surface area (TPSA) is 111 Å². The summed E-state index contributed by atoms with van der Waals surface area (Å²) in [6.45, 7) is 4.55. The maximum absolute atomic E-state index is 15.4. The summed E-state index contributed by atoms with van der Waals surface area (Å²) in [5.74, 6) is -1.36. The highest BCUT2D eigenvalue weighted by atomic mass is 35.5. The van der Waals surface area contributed by atoms with E-state index >= 15 is 4.39 Å². The lowest BCUT2D eigenvalue weighted by atomic mass is 9.68. The molecule has 1 saturated carbocycles. The molecule has 3 aliphatic heterocycles. The molecule has 2 bridgehead atoms. The second-order valence-electron chi connectivity index (χ2n) is 15.4. The number of benzene rings is 2. The van der Waals surface area contributed by atoms with Crippen molar-refractivity contribution in [2.75, 3.05) is 44.1 Å².